The molecule has 1 aromatic carbocycles. The molecule has 2 fully saturated rings. The highest BCUT2D eigenvalue weighted by atomic mass is 32.2. The number of amidine groups is 1. The summed E-state index contributed by atoms with van der Waals surface area (Å²) in [5.74, 6) is 2.88. The number of aromatic nitrogens is 1. The molecule has 0 saturated carbocycles. The van der Waals surface area contributed by atoms with Gasteiger partial charge in [-0.1, -0.05) is 24.8 Å². The number of methoxy groups -OCH3 is 2. The molecule has 31 heavy (non-hydrogen) atoms. The highest BCUT2D eigenvalue weighted by Crippen LogP contribution is 2.52. The van der Waals surface area contributed by atoms with Crippen LogP contribution >= 0.6 is 11.8 Å². The maximum absolute atomic E-state index is 5.97. The Bertz CT molecular complexity index is 962. The Labute approximate surface area is 188 Å². The minimum atomic E-state index is -0.0608. The Balaban J connectivity index is 1.63. The third-order valence-electron chi connectivity index (χ3n) is 6.63. The van der Waals surface area contributed by atoms with E-state index in [0.29, 0.717) is 6.04 Å². The van der Waals surface area contributed by atoms with Crippen LogP contribution in [0.4, 0.5) is 5.69 Å². The van der Waals surface area contributed by atoms with Crippen LogP contribution in [0.2, 0.25) is 0 Å². The Hall–Kier alpha value is -2.41. The number of thioether (sulfide) groups is 1. The van der Waals surface area contributed by atoms with Gasteiger partial charge in [0.15, 0.2) is 5.17 Å². The molecule has 3 aliphatic heterocycles. The summed E-state index contributed by atoms with van der Waals surface area (Å²) in [5.41, 5.74) is 3.24. The van der Waals surface area contributed by atoms with Crippen LogP contribution in [0.15, 0.2) is 41.5 Å². The fourth-order valence-corrected chi connectivity index (χ4v) is 6.37. The molecule has 0 aliphatic carbocycles. The molecule has 0 bridgehead atoms. The number of hydrogen-bond acceptors (Lipinski definition) is 7. The normalized spacial score (nSPS) is 25.0. The Kier molecular flexibility index (Phi) is 5.69. The number of benzene rings is 1. The maximum atomic E-state index is 5.97. The number of rotatable bonds is 6. The smallest absolute Gasteiger partial charge is 0.160 e. The van der Waals surface area contributed by atoms with Crippen molar-refractivity contribution < 1.29 is 9.47 Å². The van der Waals surface area contributed by atoms with Gasteiger partial charge in [0.25, 0.3) is 0 Å². The summed E-state index contributed by atoms with van der Waals surface area (Å²) in [6, 6.07) is 10.9. The number of pyridine rings is 1. The van der Waals surface area contributed by atoms with Crippen molar-refractivity contribution in [1.29, 1.82) is 0 Å². The summed E-state index contributed by atoms with van der Waals surface area (Å²) in [7, 11) is 3.53. The molecule has 0 amide bonds. The Morgan fingerprint density at radius 3 is 2.58 bits per heavy atom. The fraction of sp³-hybridized carbons (Fsp3) is 0.500. The number of ether oxygens (including phenoxy) is 2. The van der Waals surface area contributed by atoms with Crippen molar-refractivity contribution in [2.24, 2.45) is 4.99 Å². The fourth-order valence-electron chi connectivity index (χ4n) is 5.03. The van der Waals surface area contributed by atoms with E-state index in [4.69, 9.17) is 14.5 Å². The third kappa shape index (κ3) is 3.53. The lowest BCUT2D eigenvalue weighted by Crippen LogP contribution is -2.35. The summed E-state index contributed by atoms with van der Waals surface area (Å²) in [5, 5.41) is 1.12. The van der Waals surface area contributed by atoms with Gasteiger partial charge in [-0.2, -0.15) is 0 Å². The SMILES string of the molecule is CC[C@@H]1CSC2=N[C@H](c3ccccn3)[C@@H](c3cc(OC)c(N4CCCC4)cc3OC)N21. The summed E-state index contributed by atoms with van der Waals surface area (Å²) in [6.45, 7) is 4.38. The molecule has 2 saturated heterocycles. The van der Waals surface area contributed by atoms with E-state index >= 15 is 0 Å². The molecule has 0 unspecified atom stereocenters. The van der Waals surface area contributed by atoms with Crippen molar-refractivity contribution in [3.05, 3.63) is 47.8 Å². The zero-order chi connectivity index (χ0) is 21.4. The third-order valence-corrected chi connectivity index (χ3v) is 7.75. The van der Waals surface area contributed by atoms with Crippen LogP contribution < -0.4 is 14.4 Å². The summed E-state index contributed by atoms with van der Waals surface area (Å²) < 4.78 is 11.9. The number of hydrogen-bond donors (Lipinski definition) is 0. The topological polar surface area (TPSA) is 50.2 Å². The first-order valence-corrected chi connectivity index (χ1v) is 12.1. The standard InChI is InChI=1S/C24H30N4O2S/c1-4-16-15-31-24-26-22(18-9-5-6-10-25-18)23(28(16)24)17-13-21(30-3)19(14-20(17)29-2)27-11-7-8-12-27/h5-6,9-10,13-14,16,22-23H,4,7-8,11-12,15H2,1-3H3/t16-,22-,23-/m1/s1. The molecule has 6 nitrogen and oxygen atoms in total. The van der Waals surface area contributed by atoms with Crippen LogP contribution in [0.5, 0.6) is 11.5 Å². The lowest BCUT2D eigenvalue weighted by Gasteiger charge is -2.33. The molecule has 164 valence electrons. The van der Waals surface area contributed by atoms with E-state index in [0.717, 1.165) is 58.9 Å². The molecular formula is C24H30N4O2S. The summed E-state index contributed by atoms with van der Waals surface area (Å²) in [4.78, 5) is 14.7. The Morgan fingerprint density at radius 2 is 1.90 bits per heavy atom. The van der Waals surface area contributed by atoms with E-state index in [2.05, 4.69) is 39.9 Å². The van der Waals surface area contributed by atoms with Crippen LogP contribution in [-0.2, 0) is 0 Å². The Morgan fingerprint density at radius 1 is 1.10 bits per heavy atom. The van der Waals surface area contributed by atoms with Gasteiger partial charge < -0.3 is 19.3 Å². The van der Waals surface area contributed by atoms with Gasteiger partial charge in [0, 0.05) is 42.7 Å². The molecule has 4 heterocycles. The monoisotopic (exact) mass is 438 g/mol. The lowest BCUT2D eigenvalue weighted by molar-refractivity contribution is 0.248. The molecule has 7 heteroatoms. The van der Waals surface area contributed by atoms with Crippen LogP contribution in [0.25, 0.3) is 0 Å². The predicted molar refractivity (Wildman–Crippen MR) is 127 cm³/mol. The zero-order valence-corrected chi connectivity index (χ0v) is 19.3. The number of anilines is 1. The van der Waals surface area contributed by atoms with E-state index in [1.165, 1.54) is 12.8 Å². The molecule has 3 aliphatic rings. The van der Waals surface area contributed by atoms with E-state index in [-0.39, 0.29) is 12.1 Å². The van der Waals surface area contributed by atoms with Crippen LogP contribution in [0, 0.1) is 0 Å². The highest BCUT2D eigenvalue weighted by Gasteiger charge is 2.46. The van der Waals surface area contributed by atoms with Gasteiger partial charge in [-0.05, 0) is 37.5 Å². The van der Waals surface area contributed by atoms with E-state index in [9.17, 15) is 0 Å². The first-order chi connectivity index (χ1) is 15.2. The van der Waals surface area contributed by atoms with E-state index in [1.807, 2.05) is 30.1 Å². The largest absolute Gasteiger partial charge is 0.496 e. The molecule has 0 radical (unpaired) electrons. The van der Waals surface area contributed by atoms with Crippen molar-refractivity contribution in [3.63, 3.8) is 0 Å². The highest BCUT2D eigenvalue weighted by molar-refractivity contribution is 8.14. The average molecular weight is 439 g/mol. The molecule has 0 spiro atoms. The molecule has 5 rings (SSSR count). The van der Waals surface area contributed by atoms with Crippen LogP contribution in [0.1, 0.15) is 49.5 Å². The van der Waals surface area contributed by atoms with Crippen LogP contribution in [0.3, 0.4) is 0 Å². The minimum absolute atomic E-state index is 0.0429. The first kappa shape index (κ1) is 20.5. The van der Waals surface area contributed by atoms with Gasteiger partial charge in [-0.3, -0.25) is 9.98 Å². The predicted octanol–water partition coefficient (Wildman–Crippen LogP) is 4.68. The molecule has 1 aromatic heterocycles. The van der Waals surface area contributed by atoms with Gasteiger partial charge >= 0.3 is 0 Å². The first-order valence-electron chi connectivity index (χ1n) is 11.2. The summed E-state index contributed by atoms with van der Waals surface area (Å²) in [6.07, 6.45) is 5.38. The molecule has 0 N–H and O–H groups in total. The second-order valence-electron chi connectivity index (χ2n) is 8.30. The van der Waals surface area contributed by atoms with Gasteiger partial charge in [0.1, 0.15) is 17.5 Å². The second-order valence-corrected chi connectivity index (χ2v) is 9.28. The van der Waals surface area contributed by atoms with Crippen LogP contribution in [-0.4, -0.2) is 54.2 Å². The number of fused-ring (bicyclic) bond motifs is 1. The van der Waals surface area contributed by atoms with Gasteiger partial charge in [-0.15, -0.1) is 0 Å². The molecular weight excluding hydrogens is 408 g/mol. The number of nitrogens with zero attached hydrogens (tertiary/aromatic N) is 4. The quantitative estimate of drug-likeness (QED) is 0.653. The van der Waals surface area contributed by atoms with Gasteiger partial charge in [-0.25, -0.2) is 0 Å². The second kappa shape index (κ2) is 8.61. The van der Waals surface area contributed by atoms with Crippen molar-refractivity contribution in [1.82, 2.24) is 9.88 Å². The minimum Gasteiger partial charge on any atom is -0.496 e. The van der Waals surface area contributed by atoms with Gasteiger partial charge in [0.05, 0.1) is 31.6 Å². The van der Waals surface area contributed by atoms with Gasteiger partial charge in [0.2, 0.25) is 0 Å². The van der Waals surface area contributed by atoms with Crippen molar-refractivity contribution in [2.75, 3.05) is 38.0 Å². The lowest BCUT2D eigenvalue weighted by atomic mass is 9.93. The average Bonchev–Trinajstić information content (AvgIpc) is 3.55. The zero-order valence-electron chi connectivity index (χ0n) is 18.5. The molecule has 2 aromatic rings. The summed E-state index contributed by atoms with van der Waals surface area (Å²) >= 11 is 1.86. The van der Waals surface area contributed by atoms with Crippen molar-refractivity contribution in [3.8, 4) is 11.5 Å². The van der Waals surface area contributed by atoms with E-state index < -0.39 is 0 Å². The number of aliphatic imine (C=N–C) groups is 1. The van der Waals surface area contributed by atoms with E-state index in [1.54, 1.807) is 14.2 Å². The van der Waals surface area contributed by atoms with Crippen molar-refractivity contribution in [2.45, 2.75) is 44.3 Å². The molecule has 3 atom stereocenters. The maximum Gasteiger partial charge on any atom is 0.160 e. The van der Waals surface area contributed by atoms with Crippen molar-refractivity contribution >= 4 is 22.6 Å².